The Morgan fingerprint density at radius 3 is 2.85 bits per heavy atom. The van der Waals surface area contributed by atoms with E-state index in [0.717, 1.165) is 19.4 Å². The molecule has 1 rings (SSSR count). The summed E-state index contributed by atoms with van der Waals surface area (Å²) in [7, 11) is 0. The first kappa shape index (κ1) is 10.6. The molecule has 0 heterocycles. The highest BCUT2D eigenvalue weighted by atomic mass is 127. The molecule has 13 heavy (non-hydrogen) atoms. The first-order chi connectivity index (χ1) is 6.34. The van der Waals surface area contributed by atoms with Gasteiger partial charge in [-0.05, 0) is 47.6 Å². The van der Waals surface area contributed by atoms with Crippen LogP contribution in [0.2, 0.25) is 0 Å². The first-order valence-corrected chi connectivity index (χ1v) is 5.52. The summed E-state index contributed by atoms with van der Waals surface area (Å²) in [6.45, 7) is 4.71. The number of hydrogen-bond acceptors (Lipinski definition) is 1. The van der Waals surface area contributed by atoms with E-state index in [9.17, 15) is 0 Å². The molecule has 0 aliphatic heterocycles. The van der Waals surface area contributed by atoms with Crippen molar-refractivity contribution in [2.24, 2.45) is 0 Å². The second-order valence-corrected chi connectivity index (χ2v) is 4.00. The monoisotopic (exact) mass is 287 g/mol. The van der Waals surface area contributed by atoms with E-state index in [1.165, 1.54) is 9.26 Å². The number of unbranched alkanes of at least 4 members (excludes halogenated alkanes) is 1. The summed E-state index contributed by atoms with van der Waals surface area (Å²) in [5.74, 6) is 0. The van der Waals surface area contributed by atoms with Crippen LogP contribution in [0.4, 0.5) is 5.69 Å². The van der Waals surface area contributed by atoms with Gasteiger partial charge in [-0.1, -0.05) is 18.2 Å². The molecule has 0 spiro atoms. The number of halogens is 1. The zero-order chi connectivity index (χ0) is 9.52. The largest absolute Gasteiger partial charge is 0.384 e. The van der Waals surface area contributed by atoms with Gasteiger partial charge in [0.2, 0.25) is 0 Å². The molecule has 0 saturated carbocycles. The first-order valence-electron chi connectivity index (χ1n) is 4.44. The van der Waals surface area contributed by atoms with Crippen molar-refractivity contribution in [3.8, 4) is 0 Å². The minimum absolute atomic E-state index is 1.02. The Balaban J connectivity index is 2.36. The van der Waals surface area contributed by atoms with Crippen LogP contribution in [-0.4, -0.2) is 6.54 Å². The molecule has 70 valence electrons. The lowest BCUT2D eigenvalue weighted by Gasteiger charge is -2.06. The van der Waals surface area contributed by atoms with Gasteiger partial charge < -0.3 is 5.32 Å². The average molecular weight is 287 g/mol. The molecule has 0 aliphatic rings. The third kappa shape index (κ3) is 3.81. The van der Waals surface area contributed by atoms with E-state index in [0.29, 0.717) is 0 Å². The van der Waals surface area contributed by atoms with Gasteiger partial charge in [-0.3, -0.25) is 0 Å². The summed E-state index contributed by atoms with van der Waals surface area (Å²) < 4.78 is 1.28. The summed E-state index contributed by atoms with van der Waals surface area (Å²) in [4.78, 5) is 0. The van der Waals surface area contributed by atoms with Gasteiger partial charge in [0.05, 0.1) is 0 Å². The topological polar surface area (TPSA) is 12.0 Å². The van der Waals surface area contributed by atoms with Crippen LogP contribution in [0.25, 0.3) is 0 Å². The van der Waals surface area contributed by atoms with Gasteiger partial charge in [0, 0.05) is 15.8 Å². The summed E-state index contributed by atoms with van der Waals surface area (Å²) >= 11 is 2.34. The van der Waals surface area contributed by atoms with Gasteiger partial charge in [0.15, 0.2) is 0 Å². The van der Waals surface area contributed by atoms with E-state index in [-0.39, 0.29) is 0 Å². The summed E-state index contributed by atoms with van der Waals surface area (Å²) in [6.07, 6.45) is 4.18. The SMILES string of the molecule is C=CCCCNc1ccccc1I. The molecule has 1 aromatic rings. The van der Waals surface area contributed by atoms with E-state index >= 15 is 0 Å². The van der Waals surface area contributed by atoms with Crippen LogP contribution in [-0.2, 0) is 0 Å². The van der Waals surface area contributed by atoms with E-state index in [1.807, 2.05) is 6.08 Å². The number of nitrogens with one attached hydrogen (secondary N) is 1. The molecule has 0 amide bonds. The number of hydrogen-bond donors (Lipinski definition) is 1. The van der Waals surface area contributed by atoms with Crippen molar-refractivity contribution in [2.75, 3.05) is 11.9 Å². The highest BCUT2D eigenvalue weighted by Crippen LogP contribution is 2.16. The van der Waals surface area contributed by atoms with Crippen molar-refractivity contribution < 1.29 is 0 Å². The molecule has 1 aromatic carbocycles. The highest BCUT2D eigenvalue weighted by molar-refractivity contribution is 14.1. The quantitative estimate of drug-likeness (QED) is 0.495. The predicted octanol–water partition coefficient (Wildman–Crippen LogP) is 3.67. The lowest BCUT2D eigenvalue weighted by atomic mass is 10.3. The Hall–Kier alpha value is -0.510. The van der Waals surface area contributed by atoms with Crippen molar-refractivity contribution >= 4 is 28.3 Å². The van der Waals surface area contributed by atoms with Crippen molar-refractivity contribution in [3.05, 3.63) is 40.5 Å². The fourth-order valence-corrected chi connectivity index (χ4v) is 1.65. The molecule has 0 bridgehead atoms. The zero-order valence-corrected chi connectivity index (χ0v) is 9.75. The van der Waals surface area contributed by atoms with Gasteiger partial charge in [0.25, 0.3) is 0 Å². The fraction of sp³-hybridized carbons (Fsp3) is 0.273. The third-order valence-electron chi connectivity index (χ3n) is 1.77. The molecular formula is C11H14IN. The smallest absolute Gasteiger partial charge is 0.0475 e. The van der Waals surface area contributed by atoms with Crippen molar-refractivity contribution in [1.29, 1.82) is 0 Å². The number of rotatable bonds is 5. The van der Waals surface area contributed by atoms with Crippen molar-refractivity contribution in [1.82, 2.24) is 0 Å². The molecule has 0 atom stereocenters. The molecule has 1 nitrogen and oxygen atoms in total. The van der Waals surface area contributed by atoms with E-state index < -0.39 is 0 Å². The Bertz CT molecular complexity index is 271. The van der Waals surface area contributed by atoms with Crippen LogP contribution >= 0.6 is 22.6 Å². The number of anilines is 1. The Morgan fingerprint density at radius 1 is 1.38 bits per heavy atom. The third-order valence-corrected chi connectivity index (χ3v) is 2.72. The minimum Gasteiger partial charge on any atom is -0.384 e. The van der Waals surface area contributed by atoms with Crippen LogP contribution in [0.3, 0.4) is 0 Å². The molecule has 0 unspecified atom stereocenters. The summed E-state index contributed by atoms with van der Waals surface area (Å²) in [5.41, 5.74) is 1.23. The van der Waals surface area contributed by atoms with E-state index in [4.69, 9.17) is 0 Å². The molecule has 2 heteroatoms. The second-order valence-electron chi connectivity index (χ2n) is 2.84. The van der Waals surface area contributed by atoms with Gasteiger partial charge in [0.1, 0.15) is 0 Å². The molecule has 0 radical (unpaired) electrons. The zero-order valence-electron chi connectivity index (χ0n) is 7.59. The molecule has 1 N–H and O–H groups in total. The minimum atomic E-state index is 1.02. The molecular weight excluding hydrogens is 273 g/mol. The predicted molar refractivity (Wildman–Crippen MR) is 67.1 cm³/mol. The molecule has 0 aromatic heterocycles. The highest BCUT2D eigenvalue weighted by Gasteiger charge is 1.94. The summed E-state index contributed by atoms with van der Waals surface area (Å²) in [5, 5.41) is 3.39. The van der Waals surface area contributed by atoms with Crippen LogP contribution in [0.5, 0.6) is 0 Å². The lowest BCUT2D eigenvalue weighted by molar-refractivity contribution is 0.890. The van der Waals surface area contributed by atoms with E-state index in [2.05, 4.69) is 58.8 Å². The normalized spacial score (nSPS) is 9.62. The van der Waals surface area contributed by atoms with Crippen molar-refractivity contribution in [3.63, 3.8) is 0 Å². The standard InChI is InChI=1S/C11H14IN/c1-2-3-6-9-13-11-8-5-4-7-10(11)12/h2,4-5,7-8,13H,1,3,6,9H2. The van der Waals surface area contributed by atoms with Gasteiger partial charge in [-0.15, -0.1) is 6.58 Å². The second kappa shape index (κ2) is 6.02. The molecule has 0 aliphatic carbocycles. The maximum Gasteiger partial charge on any atom is 0.0475 e. The maximum absolute atomic E-state index is 3.69. The number of benzene rings is 1. The average Bonchev–Trinajstić information content (AvgIpc) is 2.15. The summed E-state index contributed by atoms with van der Waals surface area (Å²) in [6, 6.07) is 8.32. The Kier molecular flexibility index (Phi) is 4.90. The number of para-hydroxylation sites is 1. The fourth-order valence-electron chi connectivity index (χ4n) is 1.07. The van der Waals surface area contributed by atoms with Gasteiger partial charge in [-0.25, -0.2) is 0 Å². The van der Waals surface area contributed by atoms with E-state index in [1.54, 1.807) is 0 Å². The Labute approximate surface area is 93.4 Å². The van der Waals surface area contributed by atoms with Crippen LogP contribution in [0.1, 0.15) is 12.8 Å². The van der Waals surface area contributed by atoms with Gasteiger partial charge >= 0.3 is 0 Å². The van der Waals surface area contributed by atoms with Gasteiger partial charge in [-0.2, -0.15) is 0 Å². The number of allylic oxidation sites excluding steroid dienone is 1. The lowest BCUT2D eigenvalue weighted by Crippen LogP contribution is -2.01. The molecule has 0 fully saturated rings. The van der Waals surface area contributed by atoms with Crippen LogP contribution in [0, 0.1) is 3.57 Å². The van der Waals surface area contributed by atoms with Crippen LogP contribution < -0.4 is 5.32 Å². The Morgan fingerprint density at radius 2 is 2.15 bits per heavy atom. The maximum atomic E-state index is 3.69. The molecule has 0 saturated heterocycles. The van der Waals surface area contributed by atoms with Crippen LogP contribution in [0.15, 0.2) is 36.9 Å². The van der Waals surface area contributed by atoms with Crippen molar-refractivity contribution in [2.45, 2.75) is 12.8 Å².